The van der Waals surface area contributed by atoms with Crippen LogP contribution in [-0.2, 0) is 6.42 Å². The summed E-state index contributed by atoms with van der Waals surface area (Å²) in [5, 5.41) is 0. The Balaban J connectivity index is 2.16. The largest absolute Gasteiger partial charge is 0.283 e. The van der Waals surface area contributed by atoms with Gasteiger partial charge in [0, 0.05) is 12.4 Å². The summed E-state index contributed by atoms with van der Waals surface area (Å²) in [5.41, 5.74) is 3.42. The van der Waals surface area contributed by atoms with Crippen molar-refractivity contribution < 1.29 is 0 Å². The first-order valence-electron chi connectivity index (χ1n) is 6.10. The summed E-state index contributed by atoms with van der Waals surface area (Å²) in [6.45, 7) is 2.21. The normalized spacial score (nSPS) is 11.4. The summed E-state index contributed by atoms with van der Waals surface area (Å²) in [7, 11) is 0. The second kappa shape index (κ2) is 4.17. The molecule has 0 aliphatic rings. The minimum atomic E-state index is 0.784. The van der Waals surface area contributed by atoms with E-state index in [0.29, 0.717) is 0 Å². The zero-order valence-electron chi connectivity index (χ0n) is 9.93. The number of nitrogens with zero attached hydrogens (tertiary/aromatic N) is 3. The predicted octanol–water partition coefficient (Wildman–Crippen LogP) is 3.23. The Morgan fingerprint density at radius 1 is 1.24 bits per heavy atom. The van der Waals surface area contributed by atoms with Crippen molar-refractivity contribution >= 4 is 16.8 Å². The van der Waals surface area contributed by atoms with Gasteiger partial charge in [0.15, 0.2) is 0 Å². The summed E-state index contributed by atoms with van der Waals surface area (Å²) in [6.07, 6.45) is 7.61. The molecule has 0 N–H and O–H groups in total. The third-order valence-electron chi connectivity index (χ3n) is 3.04. The van der Waals surface area contributed by atoms with Crippen LogP contribution in [0.2, 0.25) is 0 Å². The number of fused-ring (bicyclic) bond motifs is 3. The maximum Gasteiger partial charge on any atom is 0.234 e. The Morgan fingerprint density at radius 3 is 3.00 bits per heavy atom. The first-order chi connectivity index (χ1) is 8.38. The van der Waals surface area contributed by atoms with E-state index in [9.17, 15) is 0 Å². The van der Waals surface area contributed by atoms with E-state index < -0.39 is 0 Å². The number of aryl methyl sites for hydroxylation is 1. The number of rotatable bonds is 3. The number of hydrogen-bond acceptors (Lipinski definition) is 2. The van der Waals surface area contributed by atoms with Crippen molar-refractivity contribution in [2.75, 3.05) is 0 Å². The second-order valence-electron chi connectivity index (χ2n) is 4.34. The van der Waals surface area contributed by atoms with Crippen LogP contribution in [0.5, 0.6) is 0 Å². The van der Waals surface area contributed by atoms with Crippen LogP contribution in [0, 0.1) is 0 Å². The number of aromatic nitrogens is 3. The van der Waals surface area contributed by atoms with Crippen molar-refractivity contribution in [3.05, 3.63) is 42.2 Å². The van der Waals surface area contributed by atoms with Crippen LogP contribution >= 0.6 is 0 Å². The van der Waals surface area contributed by atoms with Gasteiger partial charge in [-0.3, -0.25) is 4.40 Å². The quantitative estimate of drug-likeness (QED) is 0.685. The molecule has 0 aliphatic heterocycles. The molecule has 0 atom stereocenters. The lowest BCUT2D eigenvalue weighted by Gasteiger charge is -2.00. The van der Waals surface area contributed by atoms with Crippen molar-refractivity contribution in [3.8, 4) is 0 Å². The van der Waals surface area contributed by atoms with E-state index in [1.165, 1.54) is 18.4 Å². The number of unbranched alkanes of at least 4 members (excludes halogenated alkanes) is 1. The fraction of sp³-hybridized carbons (Fsp3) is 0.286. The van der Waals surface area contributed by atoms with Crippen LogP contribution in [0.3, 0.4) is 0 Å². The van der Waals surface area contributed by atoms with Crippen LogP contribution in [0.4, 0.5) is 0 Å². The highest BCUT2D eigenvalue weighted by Crippen LogP contribution is 2.15. The van der Waals surface area contributed by atoms with Crippen LogP contribution < -0.4 is 0 Å². The average molecular weight is 225 g/mol. The topological polar surface area (TPSA) is 30.2 Å². The van der Waals surface area contributed by atoms with Gasteiger partial charge in [-0.05, 0) is 30.5 Å². The first-order valence-corrected chi connectivity index (χ1v) is 6.10. The van der Waals surface area contributed by atoms with Gasteiger partial charge in [0.1, 0.15) is 0 Å². The van der Waals surface area contributed by atoms with Gasteiger partial charge in [-0.15, -0.1) is 0 Å². The number of hydrogen-bond donors (Lipinski definition) is 0. The Kier molecular flexibility index (Phi) is 2.52. The molecule has 0 amide bonds. The van der Waals surface area contributed by atoms with Gasteiger partial charge >= 0.3 is 0 Å². The van der Waals surface area contributed by atoms with Gasteiger partial charge in [-0.2, -0.15) is 0 Å². The Bertz CT molecular complexity index is 655. The molecule has 0 bridgehead atoms. The minimum absolute atomic E-state index is 0.784. The highest BCUT2D eigenvalue weighted by atomic mass is 15.1. The first kappa shape index (κ1) is 10.3. The van der Waals surface area contributed by atoms with Gasteiger partial charge in [-0.25, -0.2) is 9.97 Å². The van der Waals surface area contributed by atoms with Crippen LogP contribution in [0.15, 0.2) is 36.7 Å². The van der Waals surface area contributed by atoms with Gasteiger partial charge in [0.25, 0.3) is 0 Å². The van der Waals surface area contributed by atoms with Crippen molar-refractivity contribution in [1.82, 2.24) is 14.4 Å². The zero-order chi connectivity index (χ0) is 11.7. The fourth-order valence-electron chi connectivity index (χ4n) is 2.10. The van der Waals surface area contributed by atoms with E-state index in [-0.39, 0.29) is 0 Å². The highest BCUT2D eigenvalue weighted by molar-refractivity contribution is 5.79. The van der Waals surface area contributed by atoms with E-state index >= 15 is 0 Å². The Labute approximate surface area is 100 Å². The Morgan fingerprint density at radius 2 is 2.12 bits per heavy atom. The molecule has 3 rings (SSSR count). The monoisotopic (exact) mass is 225 g/mol. The zero-order valence-corrected chi connectivity index (χ0v) is 9.93. The molecule has 0 saturated heterocycles. The highest BCUT2D eigenvalue weighted by Gasteiger charge is 2.04. The third kappa shape index (κ3) is 1.78. The van der Waals surface area contributed by atoms with Gasteiger partial charge < -0.3 is 0 Å². The molecule has 2 heterocycles. The van der Waals surface area contributed by atoms with Gasteiger partial charge in [0.2, 0.25) is 5.78 Å². The maximum atomic E-state index is 4.49. The Hall–Kier alpha value is -1.90. The molecule has 2 aromatic heterocycles. The molecule has 0 saturated carbocycles. The number of para-hydroxylation sites is 2. The summed E-state index contributed by atoms with van der Waals surface area (Å²) in [5.74, 6) is 0.784. The summed E-state index contributed by atoms with van der Waals surface area (Å²) >= 11 is 0. The summed E-state index contributed by atoms with van der Waals surface area (Å²) in [4.78, 5) is 8.91. The van der Waals surface area contributed by atoms with Crippen LogP contribution in [0.25, 0.3) is 16.8 Å². The molecule has 0 fully saturated rings. The van der Waals surface area contributed by atoms with Crippen molar-refractivity contribution in [2.45, 2.75) is 26.2 Å². The van der Waals surface area contributed by atoms with E-state index in [0.717, 1.165) is 23.2 Å². The fourth-order valence-corrected chi connectivity index (χ4v) is 2.10. The summed E-state index contributed by atoms with van der Waals surface area (Å²) < 4.78 is 2.08. The summed E-state index contributed by atoms with van der Waals surface area (Å²) in [6, 6.07) is 8.15. The molecular formula is C14H15N3. The smallest absolute Gasteiger partial charge is 0.234 e. The lowest BCUT2D eigenvalue weighted by atomic mass is 10.1. The molecule has 0 spiro atoms. The van der Waals surface area contributed by atoms with E-state index in [1.807, 2.05) is 24.4 Å². The van der Waals surface area contributed by atoms with Gasteiger partial charge in [-0.1, -0.05) is 25.5 Å². The average Bonchev–Trinajstić information content (AvgIpc) is 2.74. The number of benzene rings is 1. The van der Waals surface area contributed by atoms with Crippen LogP contribution in [-0.4, -0.2) is 14.4 Å². The molecule has 0 unspecified atom stereocenters. The van der Waals surface area contributed by atoms with E-state index in [4.69, 9.17) is 0 Å². The van der Waals surface area contributed by atoms with Crippen molar-refractivity contribution in [1.29, 1.82) is 0 Å². The SMILES string of the molecule is CCCCc1cnc2nc3ccccc3n2c1. The second-order valence-corrected chi connectivity index (χ2v) is 4.34. The third-order valence-corrected chi connectivity index (χ3v) is 3.04. The van der Waals surface area contributed by atoms with E-state index in [2.05, 4.69) is 33.6 Å². The molecule has 17 heavy (non-hydrogen) atoms. The molecule has 0 radical (unpaired) electrons. The van der Waals surface area contributed by atoms with E-state index in [1.54, 1.807) is 0 Å². The van der Waals surface area contributed by atoms with Gasteiger partial charge in [0.05, 0.1) is 11.0 Å². The molecular weight excluding hydrogens is 210 g/mol. The molecule has 86 valence electrons. The lowest BCUT2D eigenvalue weighted by Crippen LogP contribution is -1.93. The molecule has 3 nitrogen and oxygen atoms in total. The van der Waals surface area contributed by atoms with Crippen molar-refractivity contribution in [2.24, 2.45) is 0 Å². The lowest BCUT2D eigenvalue weighted by molar-refractivity contribution is 0.787. The van der Waals surface area contributed by atoms with Crippen LogP contribution in [0.1, 0.15) is 25.3 Å². The number of imidazole rings is 1. The molecule has 1 aromatic carbocycles. The molecule has 0 aliphatic carbocycles. The maximum absolute atomic E-state index is 4.49. The standard InChI is InChI=1S/C14H15N3/c1-2-3-6-11-9-15-14-16-12-7-4-5-8-13(12)17(14)10-11/h4-5,7-10H,2-3,6H2,1H3. The predicted molar refractivity (Wildman–Crippen MR) is 69.1 cm³/mol. The molecule has 3 heteroatoms. The minimum Gasteiger partial charge on any atom is -0.283 e. The van der Waals surface area contributed by atoms with Crippen molar-refractivity contribution in [3.63, 3.8) is 0 Å². The molecule has 3 aromatic rings.